The minimum absolute atomic E-state index is 0.202. The molecule has 5 heteroatoms. The number of primary amides is 1. The predicted molar refractivity (Wildman–Crippen MR) is 70.2 cm³/mol. The number of hydrogen-bond acceptors (Lipinski definition) is 4. The Morgan fingerprint density at radius 1 is 1.28 bits per heavy atom. The van der Waals surface area contributed by atoms with E-state index in [-0.39, 0.29) is 5.69 Å². The maximum absolute atomic E-state index is 10.8. The molecule has 5 nitrogen and oxygen atoms in total. The fourth-order valence-corrected chi connectivity index (χ4v) is 2.44. The molecule has 1 amide bonds. The topological polar surface area (TPSA) is 80.9 Å². The summed E-state index contributed by atoms with van der Waals surface area (Å²) in [6.07, 6.45) is 8.03. The standard InChI is InChI=1S/C13H20N4O/c14-13(18)11-6-7-12(17-16-11)15-9-8-10-4-2-1-3-5-10/h6-7,10H,1-5,8-9H2,(H2,14,18)(H,15,17). The number of rotatable bonds is 5. The number of carbonyl (C=O) groups is 1. The summed E-state index contributed by atoms with van der Waals surface area (Å²) in [5, 5.41) is 10.9. The second-order valence-corrected chi connectivity index (χ2v) is 4.89. The van der Waals surface area contributed by atoms with Gasteiger partial charge in [-0.1, -0.05) is 32.1 Å². The molecule has 1 saturated carbocycles. The molecule has 2 rings (SSSR count). The highest BCUT2D eigenvalue weighted by molar-refractivity contribution is 5.90. The van der Waals surface area contributed by atoms with Gasteiger partial charge in [0.1, 0.15) is 5.82 Å². The third kappa shape index (κ3) is 3.68. The van der Waals surface area contributed by atoms with Gasteiger partial charge in [0.15, 0.2) is 5.69 Å². The summed E-state index contributed by atoms with van der Waals surface area (Å²) < 4.78 is 0. The van der Waals surface area contributed by atoms with Crippen LogP contribution in [0.4, 0.5) is 5.82 Å². The van der Waals surface area contributed by atoms with E-state index < -0.39 is 5.91 Å². The number of carbonyl (C=O) groups excluding carboxylic acids is 1. The Hall–Kier alpha value is -1.65. The highest BCUT2D eigenvalue weighted by Crippen LogP contribution is 2.25. The van der Waals surface area contributed by atoms with Gasteiger partial charge in [-0.05, 0) is 24.5 Å². The van der Waals surface area contributed by atoms with Crippen molar-refractivity contribution >= 4 is 11.7 Å². The van der Waals surface area contributed by atoms with Crippen LogP contribution in [0.5, 0.6) is 0 Å². The van der Waals surface area contributed by atoms with Crippen molar-refractivity contribution in [1.29, 1.82) is 0 Å². The van der Waals surface area contributed by atoms with Gasteiger partial charge in [-0.3, -0.25) is 4.79 Å². The van der Waals surface area contributed by atoms with Crippen molar-refractivity contribution in [3.05, 3.63) is 17.8 Å². The number of nitrogens with two attached hydrogens (primary N) is 1. The van der Waals surface area contributed by atoms with Crippen molar-refractivity contribution < 1.29 is 4.79 Å². The lowest BCUT2D eigenvalue weighted by atomic mass is 9.87. The van der Waals surface area contributed by atoms with Crippen molar-refractivity contribution in [3.63, 3.8) is 0 Å². The van der Waals surface area contributed by atoms with Gasteiger partial charge < -0.3 is 11.1 Å². The summed E-state index contributed by atoms with van der Waals surface area (Å²) in [6.45, 7) is 0.912. The van der Waals surface area contributed by atoms with Gasteiger partial charge in [-0.15, -0.1) is 10.2 Å². The number of hydrogen-bond donors (Lipinski definition) is 2. The normalized spacial score (nSPS) is 16.4. The van der Waals surface area contributed by atoms with Crippen LogP contribution in [0.3, 0.4) is 0 Å². The average Bonchev–Trinajstić information content (AvgIpc) is 2.40. The molecule has 1 aromatic rings. The van der Waals surface area contributed by atoms with E-state index >= 15 is 0 Å². The van der Waals surface area contributed by atoms with E-state index in [1.54, 1.807) is 12.1 Å². The summed E-state index contributed by atoms with van der Waals surface area (Å²) in [7, 11) is 0. The molecule has 1 aliphatic carbocycles. The van der Waals surface area contributed by atoms with Crippen molar-refractivity contribution in [3.8, 4) is 0 Å². The van der Waals surface area contributed by atoms with Crippen LogP contribution in [0, 0.1) is 5.92 Å². The summed E-state index contributed by atoms with van der Waals surface area (Å²) >= 11 is 0. The summed E-state index contributed by atoms with van der Waals surface area (Å²) in [4.78, 5) is 10.8. The first-order chi connectivity index (χ1) is 8.75. The van der Waals surface area contributed by atoms with Crippen molar-refractivity contribution in [2.45, 2.75) is 38.5 Å². The second kappa shape index (κ2) is 6.33. The van der Waals surface area contributed by atoms with Crippen molar-refractivity contribution in [2.24, 2.45) is 11.7 Å². The first-order valence-electron chi connectivity index (χ1n) is 6.63. The smallest absolute Gasteiger partial charge is 0.269 e. The summed E-state index contributed by atoms with van der Waals surface area (Å²) in [6, 6.07) is 3.34. The lowest BCUT2D eigenvalue weighted by Crippen LogP contribution is -2.15. The lowest BCUT2D eigenvalue weighted by molar-refractivity contribution is 0.0994. The number of nitrogens with one attached hydrogen (secondary N) is 1. The Morgan fingerprint density at radius 3 is 2.67 bits per heavy atom. The fourth-order valence-electron chi connectivity index (χ4n) is 2.44. The maximum Gasteiger partial charge on any atom is 0.269 e. The molecule has 1 heterocycles. The molecule has 3 N–H and O–H groups in total. The minimum Gasteiger partial charge on any atom is -0.369 e. The predicted octanol–water partition coefficient (Wildman–Crippen LogP) is 1.96. The van der Waals surface area contributed by atoms with Gasteiger partial charge in [0.25, 0.3) is 5.91 Å². The number of aromatic nitrogens is 2. The lowest BCUT2D eigenvalue weighted by Gasteiger charge is -2.21. The van der Waals surface area contributed by atoms with Gasteiger partial charge in [0.05, 0.1) is 0 Å². The number of nitrogens with zero attached hydrogens (tertiary/aromatic N) is 2. The first kappa shape index (κ1) is 12.8. The van der Waals surface area contributed by atoms with Crippen LogP contribution in [0.1, 0.15) is 49.0 Å². The zero-order chi connectivity index (χ0) is 12.8. The molecule has 0 unspecified atom stereocenters. The average molecular weight is 248 g/mol. The van der Waals surface area contributed by atoms with Crippen LogP contribution < -0.4 is 11.1 Å². The molecular weight excluding hydrogens is 228 g/mol. The van der Waals surface area contributed by atoms with Gasteiger partial charge in [0, 0.05) is 6.54 Å². The molecule has 1 aromatic heterocycles. The van der Waals surface area contributed by atoms with E-state index in [1.165, 1.54) is 38.5 Å². The van der Waals surface area contributed by atoms with Gasteiger partial charge in [0.2, 0.25) is 0 Å². The van der Waals surface area contributed by atoms with E-state index in [1.807, 2.05) is 0 Å². The highest BCUT2D eigenvalue weighted by atomic mass is 16.1. The summed E-state index contributed by atoms with van der Waals surface area (Å²) in [5.41, 5.74) is 5.30. The SMILES string of the molecule is NC(=O)c1ccc(NCCC2CCCCC2)nn1. The van der Waals surface area contributed by atoms with E-state index in [2.05, 4.69) is 15.5 Å². The van der Waals surface area contributed by atoms with Crippen molar-refractivity contribution in [2.75, 3.05) is 11.9 Å². The maximum atomic E-state index is 10.8. The fraction of sp³-hybridized carbons (Fsp3) is 0.615. The molecule has 0 aliphatic heterocycles. The van der Waals surface area contributed by atoms with E-state index in [4.69, 9.17) is 5.73 Å². The molecule has 0 atom stereocenters. The van der Waals surface area contributed by atoms with Crippen LogP contribution in [0.25, 0.3) is 0 Å². The molecule has 18 heavy (non-hydrogen) atoms. The Bertz CT molecular complexity index is 384. The quantitative estimate of drug-likeness (QED) is 0.834. The number of anilines is 1. The van der Waals surface area contributed by atoms with E-state index in [0.717, 1.165) is 12.5 Å². The molecule has 0 aromatic carbocycles. The molecule has 98 valence electrons. The number of amides is 1. The minimum atomic E-state index is -0.545. The molecular formula is C13H20N4O. The highest BCUT2D eigenvalue weighted by Gasteiger charge is 2.12. The Morgan fingerprint density at radius 2 is 2.06 bits per heavy atom. The zero-order valence-corrected chi connectivity index (χ0v) is 10.6. The van der Waals surface area contributed by atoms with E-state index in [9.17, 15) is 4.79 Å². The largest absolute Gasteiger partial charge is 0.369 e. The van der Waals surface area contributed by atoms with Crippen molar-refractivity contribution in [1.82, 2.24) is 10.2 Å². The monoisotopic (exact) mass is 248 g/mol. The zero-order valence-electron chi connectivity index (χ0n) is 10.6. The van der Waals surface area contributed by atoms with Crippen LogP contribution in [0.2, 0.25) is 0 Å². The molecule has 1 fully saturated rings. The third-order valence-corrected chi connectivity index (χ3v) is 3.50. The Labute approximate surface area is 107 Å². The molecule has 0 saturated heterocycles. The molecule has 0 spiro atoms. The Kier molecular flexibility index (Phi) is 4.50. The second-order valence-electron chi connectivity index (χ2n) is 4.89. The summed E-state index contributed by atoms with van der Waals surface area (Å²) in [5.74, 6) is 1.01. The molecule has 0 radical (unpaired) electrons. The van der Waals surface area contributed by atoms with Gasteiger partial charge in [-0.25, -0.2) is 0 Å². The van der Waals surface area contributed by atoms with Crippen LogP contribution in [0.15, 0.2) is 12.1 Å². The third-order valence-electron chi connectivity index (χ3n) is 3.50. The molecule has 0 bridgehead atoms. The van der Waals surface area contributed by atoms with Crippen LogP contribution in [-0.4, -0.2) is 22.6 Å². The van der Waals surface area contributed by atoms with Crippen LogP contribution in [-0.2, 0) is 0 Å². The van der Waals surface area contributed by atoms with Gasteiger partial charge in [-0.2, -0.15) is 0 Å². The first-order valence-corrected chi connectivity index (χ1v) is 6.63. The van der Waals surface area contributed by atoms with Gasteiger partial charge >= 0.3 is 0 Å². The van der Waals surface area contributed by atoms with E-state index in [0.29, 0.717) is 5.82 Å². The van der Waals surface area contributed by atoms with Crippen LogP contribution >= 0.6 is 0 Å². The Balaban J connectivity index is 1.74. The molecule has 1 aliphatic rings.